The third-order valence-corrected chi connectivity index (χ3v) is 9.59. The minimum absolute atomic E-state index is 0. The molecule has 0 saturated heterocycles. The van der Waals surface area contributed by atoms with Gasteiger partial charge in [0.25, 0.3) is 0 Å². The molecule has 0 aliphatic carbocycles. The van der Waals surface area contributed by atoms with Crippen LogP contribution in [0.25, 0.3) is 12.2 Å². The molecule has 0 unspecified atom stereocenters. The SMILES string of the molecule is Cc1ccccc1N=c1[nH]c(Cl)nc(=Nc2ccc(/C=C/c3ccc(N=c4nc(Cl)[nH]c(=Nc5ccccc5C)[nH]4)cc3S(=O)(=O)[O-])c(S(=O)(=O)[O-])c2)[nH]1.[K+].[K+]. The monoisotopic (exact) mass is 882 g/mol. The molecule has 4 aromatic carbocycles. The van der Waals surface area contributed by atoms with Crippen LogP contribution in [-0.4, -0.2) is 55.8 Å². The maximum Gasteiger partial charge on any atom is 1.00 e. The van der Waals surface area contributed by atoms with E-state index in [1.807, 2.05) is 50.2 Å². The number of para-hydroxylation sites is 2. The Morgan fingerprint density at radius 2 is 0.946 bits per heavy atom. The van der Waals surface area contributed by atoms with Crippen LogP contribution in [0.2, 0.25) is 10.6 Å². The van der Waals surface area contributed by atoms with Gasteiger partial charge in [-0.1, -0.05) is 60.7 Å². The van der Waals surface area contributed by atoms with Crippen LogP contribution in [0.4, 0.5) is 22.7 Å². The molecule has 0 bridgehead atoms. The number of H-pyrrole nitrogens is 4. The first-order chi connectivity index (χ1) is 25.6. The Labute approximate surface area is 414 Å². The van der Waals surface area contributed by atoms with Gasteiger partial charge in [0.05, 0.1) is 32.5 Å². The average Bonchev–Trinajstić information content (AvgIpc) is 3.09. The van der Waals surface area contributed by atoms with Crippen LogP contribution in [0, 0.1) is 13.8 Å². The van der Waals surface area contributed by atoms with E-state index in [-0.39, 0.29) is 158 Å². The van der Waals surface area contributed by atoms with E-state index in [1.165, 1.54) is 36.4 Å². The van der Waals surface area contributed by atoms with Crippen molar-refractivity contribution in [2.24, 2.45) is 20.0 Å². The molecule has 22 heteroatoms. The molecule has 0 amide bonds. The molecule has 276 valence electrons. The van der Waals surface area contributed by atoms with Crippen LogP contribution >= 0.6 is 23.2 Å². The van der Waals surface area contributed by atoms with E-state index in [0.717, 1.165) is 23.3 Å². The Kier molecular flexibility index (Phi) is 16.5. The molecule has 0 atom stereocenters. The van der Waals surface area contributed by atoms with Crippen LogP contribution in [0.15, 0.2) is 115 Å². The van der Waals surface area contributed by atoms with Crippen LogP contribution in [-0.2, 0) is 20.2 Å². The Morgan fingerprint density at radius 3 is 1.30 bits per heavy atom. The van der Waals surface area contributed by atoms with Gasteiger partial charge in [-0.25, -0.2) is 36.8 Å². The fourth-order valence-corrected chi connectivity index (χ4v) is 6.64. The summed E-state index contributed by atoms with van der Waals surface area (Å²) in [6, 6.07) is 22.0. The summed E-state index contributed by atoms with van der Waals surface area (Å²) < 4.78 is 74.1. The maximum atomic E-state index is 12.3. The summed E-state index contributed by atoms with van der Waals surface area (Å²) >= 11 is 12.3. The summed E-state index contributed by atoms with van der Waals surface area (Å²) in [5.41, 5.74) is 3.14. The number of aromatic amines is 4. The minimum Gasteiger partial charge on any atom is -0.744 e. The summed E-state index contributed by atoms with van der Waals surface area (Å²) in [6.07, 6.45) is 2.35. The summed E-state index contributed by atoms with van der Waals surface area (Å²) in [7, 11) is -10.2. The first-order valence-corrected chi connectivity index (χ1v) is 19.1. The van der Waals surface area contributed by atoms with Gasteiger partial charge in [0.2, 0.25) is 33.0 Å². The van der Waals surface area contributed by atoms with Crippen LogP contribution in [0.3, 0.4) is 0 Å². The van der Waals surface area contributed by atoms with E-state index in [9.17, 15) is 25.9 Å². The third-order valence-electron chi connectivity index (χ3n) is 7.45. The second-order valence-corrected chi connectivity index (χ2v) is 14.8. The Morgan fingerprint density at radius 1 is 0.571 bits per heavy atom. The van der Waals surface area contributed by atoms with Gasteiger partial charge >= 0.3 is 103 Å². The van der Waals surface area contributed by atoms with E-state index in [2.05, 4.69) is 49.9 Å². The maximum absolute atomic E-state index is 12.3. The van der Waals surface area contributed by atoms with Crippen molar-refractivity contribution in [2.45, 2.75) is 23.6 Å². The molecule has 0 aliphatic rings. The second kappa shape index (κ2) is 20.0. The van der Waals surface area contributed by atoms with Gasteiger partial charge in [-0.05, 0) is 95.7 Å². The summed E-state index contributed by atoms with van der Waals surface area (Å²) in [4.78, 5) is 35.4. The number of halogens is 2. The van der Waals surface area contributed by atoms with Crippen LogP contribution < -0.4 is 125 Å². The molecule has 0 saturated carbocycles. The van der Waals surface area contributed by atoms with Crippen molar-refractivity contribution in [1.29, 1.82) is 0 Å². The zero-order valence-electron chi connectivity index (χ0n) is 29.9. The Balaban J connectivity index is 0.00000348. The molecule has 0 fully saturated rings. The van der Waals surface area contributed by atoms with Crippen molar-refractivity contribution in [2.75, 3.05) is 0 Å². The van der Waals surface area contributed by atoms with Gasteiger partial charge in [0.1, 0.15) is 20.2 Å². The third kappa shape index (κ3) is 12.5. The van der Waals surface area contributed by atoms with E-state index < -0.39 is 30.0 Å². The van der Waals surface area contributed by atoms with E-state index in [1.54, 1.807) is 12.1 Å². The quantitative estimate of drug-likeness (QED) is 0.0805. The zero-order chi connectivity index (χ0) is 38.6. The topological polar surface area (TPSA) is 253 Å². The first kappa shape index (κ1) is 46.2. The van der Waals surface area contributed by atoms with Crippen molar-refractivity contribution in [3.05, 3.63) is 140 Å². The number of hydrogen-bond donors (Lipinski definition) is 4. The van der Waals surface area contributed by atoms with Gasteiger partial charge in [-0.2, -0.15) is 9.97 Å². The smallest absolute Gasteiger partial charge is 0.744 e. The molecule has 2 heterocycles. The Bertz CT molecular complexity index is 2780. The number of nitrogens with zero attached hydrogens (tertiary/aromatic N) is 6. The fraction of sp³-hybridized carbons (Fsp3) is 0.0588. The van der Waals surface area contributed by atoms with Crippen molar-refractivity contribution < 1.29 is 129 Å². The number of hydrogen-bond acceptors (Lipinski definition) is 12. The molecule has 4 N–H and O–H groups in total. The minimum atomic E-state index is -5.09. The van der Waals surface area contributed by atoms with Crippen molar-refractivity contribution in [3.8, 4) is 0 Å². The van der Waals surface area contributed by atoms with E-state index in [4.69, 9.17) is 23.2 Å². The van der Waals surface area contributed by atoms with Gasteiger partial charge in [0, 0.05) is 0 Å². The summed E-state index contributed by atoms with van der Waals surface area (Å²) in [5, 5.41) is -0.143. The average molecular weight is 884 g/mol. The van der Waals surface area contributed by atoms with Gasteiger partial charge < -0.3 is 19.1 Å². The van der Waals surface area contributed by atoms with Crippen LogP contribution in [0.1, 0.15) is 22.3 Å². The molecule has 0 aliphatic heterocycles. The normalized spacial score (nSPS) is 13.2. The van der Waals surface area contributed by atoms with Gasteiger partial charge in [0.15, 0.2) is 0 Å². The molecule has 6 rings (SSSR count). The van der Waals surface area contributed by atoms with Crippen molar-refractivity contribution in [3.63, 3.8) is 0 Å². The zero-order valence-corrected chi connectivity index (χ0v) is 39.3. The first-order valence-electron chi connectivity index (χ1n) is 15.5. The predicted octanol–water partition coefficient (Wildman–Crippen LogP) is -1.37. The molecule has 0 spiro atoms. The number of nitrogens with one attached hydrogen (secondary N) is 4. The molecular weight excluding hydrogens is 858 g/mol. The van der Waals surface area contributed by atoms with Gasteiger partial charge in [-0.15, -0.1) is 0 Å². The second-order valence-electron chi connectivity index (χ2n) is 11.4. The number of benzene rings is 4. The molecular formula is C34H26Cl2K2N10O6S2. The number of aryl methyl sites for hydroxylation is 2. The van der Waals surface area contributed by atoms with Crippen molar-refractivity contribution >= 4 is 78.3 Å². The fourth-order valence-electron chi connectivity index (χ4n) is 4.92. The molecule has 16 nitrogen and oxygen atoms in total. The standard InChI is InChI=1S/C34H28Cl2N10O6S2.2K/c1-19-7-3-5-9-25(19)39-33-43-29(35)41-31(45-33)37-23-15-13-21(27(17-23)53(47,48)49)11-12-22-14-16-24(18-28(22)54(50,51)52)38-32-42-30(36)44-34(46-32)40-26-10-6-4-8-20(26)2;;/h3-18H,1-2H3,(H,47,48,49)(H,50,51,52)(H2,37,39,41,43,45)(H2,38,40,42,44,46);;/q;2*+1/p-2/b12-11+;;. The predicted molar refractivity (Wildman–Crippen MR) is 197 cm³/mol. The molecule has 0 radical (unpaired) electrons. The van der Waals surface area contributed by atoms with Gasteiger partial charge in [-0.3, -0.25) is 9.97 Å². The largest absolute Gasteiger partial charge is 1.00 e. The molecule has 2 aromatic heterocycles. The Hall–Kier alpha value is -2.49. The number of aromatic nitrogens is 6. The summed E-state index contributed by atoms with van der Waals surface area (Å²) in [6.45, 7) is 3.74. The summed E-state index contributed by atoms with van der Waals surface area (Å²) in [5.74, 6) is 0. The number of rotatable bonds is 8. The van der Waals surface area contributed by atoms with Crippen molar-refractivity contribution in [1.82, 2.24) is 29.9 Å². The van der Waals surface area contributed by atoms with E-state index in [0.29, 0.717) is 11.4 Å². The van der Waals surface area contributed by atoms with E-state index >= 15 is 0 Å². The molecule has 56 heavy (non-hydrogen) atoms. The van der Waals surface area contributed by atoms with Crippen LogP contribution in [0.5, 0.6) is 0 Å². The molecule has 6 aromatic rings.